The van der Waals surface area contributed by atoms with Gasteiger partial charge in [-0.3, -0.25) is 9.59 Å². The van der Waals surface area contributed by atoms with Crippen LogP contribution in [0.3, 0.4) is 0 Å². The lowest BCUT2D eigenvalue weighted by Crippen LogP contribution is -2.26. The van der Waals surface area contributed by atoms with Crippen molar-refractivity contribution in [3.8, 4) is 0 Å². The summed E-state index contributed by atoms with van der Waals surface area (Å²) in [6.45, 7) is 2.17. The number of carbonyl (C=O) groups is 2. The van der Waals surface area contributed by atoms with Crippen LogP contribution in [0.5, 0.6) is 0 Å². The number of allylic oxidation sites excluding steroid dienone is 1. The van der Waals surface area contributed by atoms with E-state index in [9.17, 15) is 9.59 Å². The molecular formula is C21H19NO3S. The van der Waals surface area contributed by atoms with Gasteiger partial charge in [0.1, 0.15) is 6.54 Å². The lowest BCUT2D eigenvalue weighted by Gasteiger charge is -2.22. The number of carbonyl (C=O) groups excluding carboxylic acids is 2. The van der Waals surface area contributed by atoms with Crippen molar-refractivity contribution in [2.24, 2.45) is 0 Å². The summed E-state index contributed by atoms with van der Waals surface area (Å²) >= 11 is 1.43. The summed E-state index contributed by atoms with van der Waals surface area (Å²) in [5.74, 6) is -0.417. The third kappa shape index (κ3) is 4.24. The van der Waals surface area contributed by atoms with Gasteiger partial charge >= 0.3 is 5.97 Å². The van der Waals surface area contributed by atoms with Crippen LogP contribution in [-0.4, -0.2) is 29.8 Å². The SMILES string of the molecule is CCOC(=O)CN1C(c2ccccc2)=CS/C1=C\C(=O)c1ccccc1. The zero-order valence-corrected chi connectivity index (χ0v) is 15.2. The molecule has 2 aromatic carbocycles. The Hall–Kier alpha value is -2.79. The Labute approximate surface area is 157 Å². The Morgan fingerprint density at radius 1 is 1.04 bits per heavy atom. The van der Waals surface area contributed by atoms with Crippen molar-refractivity contribution < 1.29 is 14.3 Å². The van der Waals surface area contributed by atoms with Crippen molar-refractivity contribution in [3.63, 3.8) is 0 Å². The van der Waals surface area contributed by atoms with E-state index < -0.39 is 0 Å². The highest BCUT2D eigenvalue weighted by Crippen LogP contribution is 2.39. The summed E-state index contributed by atoms with van der Waals surface area (Å²) in [5, 5.41) is 2.67. The van der Waals surface area contributed by atoms with Gasteiger partial charge in [0.25, 0.3) is 0 Å². The summed E-state index contributed by atoms with van der Waals surface area (Å²) in [6, 6.07) is 18.9. The molecular weight excluding hydrogens is 346 g/mol. The molecule has 0 atom stereocenters. The summed E-state index contributed by atoms with van der Waals surface area (Å²) in [4.78, 5) is 26.4. The van der Waals surface area contributed by atoms with E-state index in [1.807, 2.05) is 58.8 Å². The Bertz CT molecular complexity index is 844. The minimum Gasteiger partial charge on any atom is -0.465 e. The minimum atomic E-state index is -0.324. The molecule has 4 nitrogen and oxygen atoms in total. The zero-order valence-electron chi connectivity index (χ0n) is 14.4. The van der Waals surface area contributed by atoms with Gasteiger partial charge in [-0.15, -0.1) is 0 Å². The molecule has 5 heteroatoms. The maximum atomic E-state index is 12.5. The van der Waals surface area contributed by atoms with E-state index in [0.717, 1.165) is 11.3 Å². The Balaban J connectivity index is 1.88. The highest BCUT2D eigenvalue weighted by Gasteiger charge is 2.26. The number of hydrogen-bond donors (Lipinski definition) is 0. The molecule has 0 aliphatic carbocycles. The second-order valence-electron chi connectivity index (χ2n) is 5.59. The van der Waals surface area contributed by atoms with Crippen LogP contribution in [0.1, 0.15) is 22.8 Å². The van der Waals surface area contributed by atoms with E-state index in [4.69, 9.17) is 4.74 Å². The normalized spacial score (nSPS) is 15.0. The lowest BCUT2D eigenvalue weighted by atomic mass is 10.1. The van der Waals surface area contributed by atoms with E-state index in [-0.39, 0.29) is 18.3 Å². The van der Waals surface area contributed by atoms with Crippen molar-refractivity contribution in [1.82, 2.24) is 4.90 Å². The fraction of sp³-hybridized carbons (Fsp3) is 0.143. The van der Waals surface area contributed by atoms with Gasteiger partial charge in [-0.1, -0.05) is 72.4 Å². The molecule has 2 aromatic rings. The van der Waals surface area contributed by atoms with Crippen LogP contribution in [0, 0.1) is 0 Å². The number of rotatable bonds is 6. The number of esters is 1. The predicted octanol–water partition coefficient (Wildman–Crippen LogP) is 4.32. The maximum Gasteiger partial charge on any atom is 0.325 e. The first-order valence-electron chi connectivity index (χ1n) is 8.35. The number of thioether (sulfide) groups is 1. The van der Waals surface area contributed by atoms with Gasteiger partial charge in [-0.05, 0) is 12.5 Å². The number of ketones is 1. The van der Waals surface area contributed by atoms with Crippen LogP contribution in [0.4, 0.5) is 0 Å². The summed E-state index contributed by atoms with van der Waals surface area (Å²) in [5.41, 5.74) is 2.49. The quantitative estimate of drug-likeness (QED) is 0.433. The number of benzene rings is 2. The fourth-order valence-corrected chi connectivity index (χ4v) is 3.56. The van der Waals surface area contributed by atoms with Crippen molar-refractivity contribution in [2.45, 2.75) is 6.92 Å². The molecule has 1 heterocycles. The average molecular weight is 365 g/mol. The van der Waals surface area contributed by atoms with Gasteiger partial charge in [0.2, 0.25) is 0 Å². The highest BCUT2D eigenvalue weighted by molar-refractivity contribution is 8.06. The molecule has 0 radical (unpaired) electrons. The first-order chi connectivity index (χ1) is 12.7. The maximum absolute atomic E-state index is 12.5. The molecule has 26 heavy (non-hydrogen) atoms. The molecule has 1 aliphatic heterocycles. The first kappa shape index (κ1) is 18.0. The molecule has 0 N–H and O–H groups in total. The smallest absolute Gasteiger partial charge is 0.325 e. The van der Waals surface area contributed by atoms with Gasteiger partial charge in [-0.2, -0.15) is 0 Å². The number of ether oxygens (including phenoxy) is 1. The van der Waals surface area contributed by atoms with Crippen molar-refractivity contribution >= 4 is 29.2 Å². The summed E-state index contributed by atoms with van der Waals surface area (Å²) in [7, 11) is 0. The Morgan fingerprint density at radius 2 is 1.69 bits per heavy atom. The van der Waals surface area contributed by atoms with E-state index in [2.05, 4.69) is 0 Å². The Morgan fingerprint density at radius 3 is 2.35 bits per heavy atom. The van der Waals surface area contributed by atoms with Gasteiger partial charge in [-0.25, -0.2) is 0 Å². The minimum absolute atomic E-state index is 0.0650. The summed E-state index contributed by atoms with van der Waals surface area (Å²) < 4.78 is 5.10. The second-order valence-corrected chi connectivity index (χ2v) is 6.48. The van der Waals surface area contributed by atoms with Crippen molar-refractivity contribution in [2.75, 3.05) is 13.2 Å². The zero-order chi connectivity index (χ0) is 18.4. The topological polar surface area (TPSA) is 46.6 Å². The van der Waals surface area contributed by atoms with Crippen LogP contribution in [0.25, 0.3) is 5.70 Å². The second kappa shape index (κ2) is 8.54. The summed E-state index contributed by atoms with van der Waals surface area (Å²) in [6.07, 6.45) is 1.58. The average Bonchev–Trinajstić information content (AvgIpc) is 3.05. The van der Waals surface area contributed by atoms with Crippen LogP contribution >= 0.6 is 11.8 Å². The molecule has 0 amide bonds. The van der Waals surface area contributed by atoms with E-state index in [1.54, 1.807) is 25.1 Å². The van der Waals surface area contributed by atoms with Crippen molar-refractivity contribution in [3.05, 3.63) is 88.3 Å². The van der Waals surface area contributed by atoms with E-state index in [1.165, 1.54) is 11.8 Å². The van der Waals surface area contributed by atoms with E-state index in [0.29, 0.717) is 17.2 Å². The molecule has 0 bridgehead atoms. The molecule has 1 aliphatic rings. The van der Waals surface area contributed by atoms with Gasteiger partial charge in [0.15, 0.2) is 5.78 Å². The third-order valence-corrected chi connectivity index (χ3v) is 4.74. The lowest BCUT2D eigenvalue weighted by molar-refractivity contribution is -0.143. The fourth-order valence-electron chi connectivity index (χ4n) is 2.60. The Kier molecular flexibility index (Phi) is 5.92. The monoisotopic (exact) mass is 365 g/mol. The van der Waals surface area contributed by atoms with Crippen LogP contribution in [0.15, 0.2) is 77.2 Å². The van der Waals surface area contributed by atoms with E-state index >= 15 is 0 Å². The predicted molar refractivity (Wildman–Crippen MR) is 104 cm³/mol. The van der Waals surface area contributed by atoms with Gasteiger partial charge in [0, 0.05) is 17.0 Å². The highest BCUT2D eigenvalue weighted by atomic mass is 32.2. The molecule has 0 aromatic heterocycles. The molecule has 0 unspecified atom stereocenters. The third-order valence-electron chi connectivity index (χ3n) is 3.82. The molecule has 0 fully saturated rings. The number of nitrogens with zero attached hydrogens (tertiary/aromatic N) is 1. The van der Waals surface area contributed by atoms with Crippen molar-refractivity contribution in [1.29, 1.82) is 0 Å². The van der Waals surface area contributed by atoms with Gasteiger partial charge in [0.05, 0.1) is 17.3 Å². The largest absolute Gasteiger partial charge is 0.465 e. The van der Waals surface area contributed by atoms with Crippen LogP contribution in [-0.2, 0) is 9.53 Å². The van der Waals surface area contributed by atoms with Crippen LogP contribution < -0.4 is 0 Å². The molecule has 132 valence electrons. The number of hydrogen-bond acceptors (Lipinski definition) is 5. The standard InChI is InChI=1S/C21H19NO3S/c1-2-25-21(24)14-22-18(16-9-5-3-6-10-16)15-26-20(22)13-19(23)17-11-7-4-8-12-17/h3-13,15H,2,14H2,1H3/b20-13-. The molecule has 0 saturated heterocycles. The first-order valence-corrected chi connectivity index (χ1v) is 9.23. The van der Waals surface area contributed by atoms with Gasteiger partial charge < -0.3 is 9.64 Å². The molecule has 0 saturated carbocycles. The molecule has 3 rings (SSSR count). The van der Waals surface area contributed by atoms with Crippen LogP contribution in [0.2, 0.25) is 0 Å². The molecule has 0 spiro atoms.